The molecule has 8 heavy (non-hydrogen) atoms. The van der Waals surface area contributed by atoms with E-state index in [0.29, 0.717) is 0 Å². The molecule has 0 atom stereocenters. The Balaban J connectivity index is 2.84. The van der Waals surface area contributed by atoms with Crippen LogP contribution in [-0.4, -0.2) is 7.98 Å². The molecule has 1 N–H and O–H groups in total. The zero-order valence-electron chi connectivity index (χ0n) is 4.64. The van der Waals surface area contributed by atoms with Gasteiger partial charge in [0.15, 0.2) is 0 Å². The molecule has 0 aromatic carbocycles. The Bertz CT molecular complexity index is 173. The number of hydrogen-bond donors (Lipinski definition) is 1. The van der Waals surface area contributed by atoms with E-state index in [1.54, 1.807) is 11.3 Å². The number of hydrogen-bond acceptors (Lipinski definition) is 2. The Morgan fingerprint density at radius 2 is 2.50 bits per heavy atom. The second-order valence-electron chi connectivity index (χ2n) is 1.63. The molecule has 0 fully saturated rings. The van der Waals surface area contributed by atoms with Gasteiger partial charge in [-0.25, -0.2) is 0 Å². The first kappa shape index (κ1) is 5.70. The van der Waals surface area contributed by atoms with Gasteiger partial charge in [-0.2, -0.15) is 0 Å². The van der Waals surface area contributed by atoms with Gasteiger partial charge in [-0.3, -0.25) is 0 Å². The van der Waals surface area contributed by atoms with E-state index in [2.05, 4.69) is 10.6 Å². The minimum absolute atomic E-state index is 1.02. The second kappa shape index (κ2) is 2.22. The van der Waals surface area contributed by atoms with Crippen LogP contribution in [0.25, 0.3) is 0 Å². The monoisotopic (exact) mass is 123 g/mol. The molecule has 0 unspecified atom stereocenters. The smallest absolute Gasteiger partial charge is 0.223 e. The van der Waals surface area contributed by atoms with Gasteiger partial charge in [0.05, 0.1) is 5.00 Å². The van der Waals surface area contributed by atoms with E-state index in [1.807, 2.05) is 13.0 Å². The van der Waals surface area contributed by atoms with Crippen LogP contribution in [0.3, 0.4) is 0 Å². The lowest BCUT2D eigenvalue weighted by Crippen LogP contribution is -1.83. The van der Waals surface area contributed by atoms with Gasteiger partial charge < -0.3 is 5.23 Å². The van der Waals surface area contributed by atoms with Gasteiger partial charge in [-0.15, -0.1) is 11.3 Å². The summed E-state index contributed by atoms with van der Waals surface area (Å²) in [6.45, 7) is 2.04. The number of thiophene rings is 1. The fourth-order valence-corrected chi connectivity index (χ4v) is 1.21. The minimum Gasteiger partial charge on any atom is -0.429 e. The SMILES string of the molecule is [B]Nc1cc(C)cs1. The number of aryl methyl sites for hydroxylation is 1. The Kier molecular flexibility index (Phi) is 1.58. The predicted octanol–water partition coefficient (Wildman–Crippen LogP) is 1.55. The van der Waals surface area contributed by atoms with Crippen molar-refractivity contribution in [1.29, 1.82) is 0 Å². The molecule has 0 aliphatic rings. The summed E-state index contributed by atoms with van der Waals surface area (Å²) in [4.78, 5) is 0. The van der Waals surface area contributed by atoms with E-state index < -0.39 is 0 Å². The van der Waals surface area contributed by atoms with Crippen LogP contribution < -0.4 is 5.23 Å². The summed E-state index contributed by atoms with van der Waals surface area (Å²) < 4.78 is 0. The summed E-state index contributed by atoms with van der Waals surface area (Å²) in [7, 11) is 5.12. The zero-order valence-corrected chi connectivity index (χ0v) is 5.46. The number of anilines is 1. The molecule has 1 heterocycles. The van der Waals surface area contributed by atoms with E-state index in [4.69, 9.17) is 7.98 Å². The molecule has 0 saturated heterocycles. The van der Waals surface area contributed by atoms with Gasteiger partial charge in [-0.05, 0) is 23.9 Å². The van der Waals surface area contributed by atoms with Crippen LogP contribution in [0.15, 0.2) is 11.4 Å². The largest absolute Gasteiger partial charge is 0.429 e. The molecule has 1 nitrogen and oxygen atoms in total. The molecule has 1 rings (SSSR count). The Morgan fingerprint density at radius 1 is 1.75 bits per heavy atom. The van der Waals surface area contributed by atoms with Crippen LogP contribution in [0.2, 0.25) is 0 Å². The highest BCUT2D eigenvalue weighted by atomic mass is 32.1. The van der Waals surface area contributed by atoms with Crippen LogP contribution >= 0.6 is 11.3 Å². The van der Waals surface area contributed by atoms with Crippen molar-refractivity contribution in [3.63, 3.8) is 0 Å². The zero-order chi connectivity index (χ0) is 5.98. The van der Waals surface area contributed by atoms with Crippen LogP contribution in [0.1, 0.15) is 5.56 Å². The van der Waals surface area contributed by atoms with E-state index in [-0.39, 0.29) is 0 Å². The third kappa shape index (κ3) is 1.04. The van der Waals surface area contributed by atoms with E-state index in [0.717, 1.165) is 5.00 Å². The molecular formula is C5H6BNS. The summed E-state index contributed by atoms with van der Waals surface area (Å²) in [5.41, 5.74) is 1.25. The quantitative estimate of drug-likeness (QED) is 0.558. The highest BCUT2D eigenvalue weighted by Crippen LogP contribution is 2.17. The van der Waals surface area contributed by atoms with Crippen molar-refractivity contribution in [2.75, 3.05) is 5.23 Å². The molecule has 0 bridgehead atoms. The highest BCUT2D eigenvalue weighted by Gasteiger charge is 1.88. The standard InChI is InChI=1S/C5H6BNS/c1-4-2-5(7-6)8-3-4/h2-3,7H,1H3. The van der Waals surface area contributed by atoms with Crippen molar-refractivity contribution in [2.45, 2.75) is 6.92 Å². The summed E-state index contributed by atoms with van der Waals surface area (Å²) >= 11 is 1.61. The first-order valence-corrected chi connectivity index (χ1v) is 3.22. The third-order valence-electron chi connectivity index (χ3n) is 0.873. The normalized spacial score (nSPS) is 9.12. The second-order valence-corrected chi connectivity index (χ2v) is 2.54. The Labute approximate surface area is 54.2 Å². The average Bonchev–Trinajstić information content (AvgIpc) is 2.14. The number of rotatable bonds is 1. The molecule has 2 radical (unpaired) electrons. The van der Waals surface area contributed by atoms with Crippen molar-refractivity contribution < 1.29 is 0 Å². The van der Waals surface area contributed by atoms with Crippen LogP contribution in [-0.2, 0) is 0 Å². The lowest BCUT2D eigenvalue weighted by atomic mass is 10.3. The molecular weight excluding hydrogens is 117 g/mol. The van der Waals surface area contributed by atoms with Crippen molar-refractivity contribution >= 4 is 24.3 Å². The van der Waals surface area contributed by atoms with Crippen molar-refractivity contribution in [1.82, 2.24) is 0 Å². The van der Waals surface area contributed by atoms with Gasteiger partial charge in [0.25, 0.3) is 0 Å². The topological polar surface area (TPSA) is 12.0 Å². The molecule has 0 saturated carbocycles. The maximum Gasteiger partial charge on any atom is 0.223 e. The van der Waals surface area contributed by atoms with Gasteiger partial charge in [0.1, 0.15) is 0 Å². The highest BCUT2D eigenvalue weighted by molar-refractivity contribution is 7.14. The van der Waals surface area contributed by atoms with E-state index >= 15 is 0 Å². The maximum atomic E-state index is 5.12. The van der Waals surface area contributed by atoms with Crippen molar-refractivity contribution in [3.05, 3.63) is 17.0 Å². The average molecular weight is 123 g/mol. The van der Waals surface area contributed by atoms with Crippen LogP contribution in [0.4, 0.5) is 5.00 Å². The van der Waals surface area contributed by atoms with Crippen LogP contribution in [0, 0.1) is 6.92 Å². The van der Waals surface area contributed by atoms with E-state index in [1.165, 1.54) is 5.56 Å². The third-order valence-corrected chi connectivity index (χ3v) is 1.85. The minimum atomic E-state index is 1.02. The first-order valence-electron chi connectivity index (χ1n) is 2.34. The predicted molar refractivity (Wildman–Crippen MR) is 38.4 cm³/mol. The Hall–Kier alpha value is -0.435. The fourth-order valence-electron chi connectivity index (χ4n) is 0.507. The fraction of sp³-hybridized carbons (Fsp3) is 0.200. The molecule has 0 aliphatic heterocycles. The van der Waals surface area contributed by atoms with Crippen molar-refractivity contribution in [2.24, 2.45) is 0 Å². The summed E-state index contributed by atoms with van der Waals surface area (Å²) in [6, 6.07) is 2.00. The lowest BCUT2D eigenvalue weighted by molar-refractivity contribution is 1.56. The maximum absolute atomic E-state index is 5.12. The Morgan fingerprint density at radius 3 is 2.75 bits per heavy atom. The van der Waals surface area contributed by atoms with Crippen molar-refractivity contribution in [3.8, 4) is 0 Å². The molecule has 1 aromatic heterocycles. The van der Waals surface area contributed by atoms with Crippen LogP contribution in [0.5, 0.6) is 0 Å². The summed E-state index contributed by atoms with van der Waals surface area (Å²) in [6.07, 6.45) is 0. The van der Waals surface area contributed by atoms with Gasteiger partial charge >= 0.3 is 0 Å². The van der Waals surface area contributed by atoms with Gasteiger partial charge in [-0.1, -0.05) is 0 Å². The lowest BCUT2D eigenvalue weighted by Gasteiger charge is -1.86. The molecule has 0 spiro atoms. The van der Waals surface area contributed by atoms with Gasteiger partial charge in [0.2, 0.25) is 7.98 Å². The summed E-state index contributed by atoms with van der Waals surface area (Å²) in [5, 5.41) is 5.63. The molecule has 1 aromatic rings. The molecule has 40 valence electrons. The number of nitrogens with one attached hydrogen (secondary N) is 1. The van der Waals surface area contributed by atoms with Gasteiger partial charge in [0, 0.05) is 0 Å². The molecule has 0 amide bonds. The van der Waals surface area contributed by atoms with E-state index in [9.17, 15) is 0 Å². The first-order chi connectivity index (χ1) is 3.83. The molecule has 3 heteroatoms. The molecule has 0 aliphatic carbocycles. The summed E-state index contributed by atoms with van der Waals surface area (Å²) in [5.74, 6) is 0.